The fourth-order valence-electron chi connectivity index (χ4n) is 3.24. The number of aromatic nitrogens is 2. The molecule has 1 fully saturated rings. The first-order valence-electron chi connectivity index (χ1n) is 9.13. The summed E-state index contributed by atoms with van der Waals surface area (Å²) in [7, 11) is -3.56. The fourth-order valence-corrected chi connectivity index (χ4v) is 5.87. The summed E-state index contributed by atoms with van der Waals surface area (Å²) in [6, 6.07) is 16.2. The maximum atomic E-state index is 13.1. The van der Waals surface area contributed by atoms with Gasteiger partial charge in [0.15, 0.2) is 5.01 Å². The molecule has 1 saturated heterocycles. The van der Waals surface area contributed by atoms with Crippen LogP contribution in [-0.2, 0) is 16.6 Å². The number of para-hydroxylation sites is 1. The number of benzene rings is 2. The Hall–Kier alpha value is -2.29. The van der Waals surface area contributed by atoms with Crippen LogP contribution in [0.15, 0.2) is 59.5 Å². The predicted octanol–water partition coefficient (Wildman–Crippen LogP) is 3.95. The Morgan fingerprint density at radius 3 is 2.61 bits per heavy atom. The van der Waals surface area contributed by atoms with Crippen molar-refractivity contribution in [3.63, 3.8) is 0 Å². The minimum absolute atomic E-state index is 0.269. The van der Waals surface area contributed by atoms with E-state index < -0.39 is 10.0 Å². The number of hydrogen-bond donors (Lipinski definition) is 0. The molecule has 1 aliphatic heterocycles. The fraction of sp³-hybridized carbons (Fsp3) is 0.300. The molecule has 1 unspecified atom stereocenters. The smallest absolute Gasteiger partial charge is 0.243 e. The molecule has 0 amide bonds. The number of ether oxygens (including phenoxy) is 1. The van der Waals surface area contributed by atoms with E-state index in [9.17, 15) is 8.42 Å². The van der Waals surface area contributed by atoms with E-state index in [1.165, 1.54) is 11.3 Å². The maximum Gasteiger partial charge on any atom is 0.243 e. The topological polar surface area (TPSA) is 72.4 Å². The zero-order valence-corrected chi connectivity index (χ0v) is 17.1. The van der Waals surface area contributed by atoms with Crippen LogP contribution in [0.3, 0.4) is 0 Å². The van der Waals surface area contributed by atoms with Gasteiger partial charge in [-0.05, 0) is 44.0 Å². The van der Waals surface area contributed by atoms with E-state index in [4.69, 9.17) is 4.74 Å². The van der Waals surface area contributed by atoms with E-state index in [-0.39, 0.29) is 6.04 Å². The quantitative estimate of drug-likeness (QED) is 0.609. The van der Waals surface area contributed by atoms with Crippen LogP contribution >= 0.6 is 11.3 Å². The lowest BCUT2D eigenvalue weighted by molar-refractivity contribution is 0.304. The predicted molar refractivity (Wildman–Crippen MR) is 108 cm³/mol. The Morgan fingerprint density at radius 1 is 1.11 bits per heavy atom. The van der Waals surface area contributed by atoms with Gasteiger partial charge in [-0.3, -0.25) is 0 Å². The highest BCUT2D eigenvalue weighted by Crippen LogP contribution is 2.37. The van der Waals surface area contributed by atoms with Gasteiger partial charge in [0.05, 0.1) is 10.9 Å². The van der Waals surface area contributed by atoms with Gasteiger partial charge < -0.3 is 4.74 Å². The standard InChI is InChI=1S/C20H21N3O3S2/c1-15-9-11-17(12-10-15)28(24,25)23-13-5-8-18(23)20-22-21-19(27-20)14-26-16-6-3-2-4-7-16/h2-4,6-7,9-12,18H,5,8,13-14H2,1H3. The van der Waals surface area contributed by atoms with E-state index in [1.54, 1.807) is 16.4 Å². The molecule has 0 N–H and O–H groups in total. The molecule has 0 spiro atoms. The Kier molecular flexibility index (Phi) is 5.43. The number of rotatable bonds is 6. The summed E-state index contributed by atoms with van der Waals surface area (Å²) in [5, 5.41) is 9.92. The van der Waals surface area contributed by atoms with E-state index in [2.05, 4.69) is 10.2 Å². The molecule has 0 radical (unpaired) electrons. The molecule has 4 rings (SSSR count). The van der Waals surface area contributed by atoms with Crippen LogP contribution in [0.5, 0.6) is 5.75 Å². The summed E-state index contributed by atoms with van der Waals surface area (Å²) in [6.45, 7) is 2.75. The van der Waals surface area contributed by atoms with Gasteiger partial charge in [-0.2, -0.15) is 4.31 Å². The summed E-state index contributed by atoms with van der Waals surface area (Å²) < 4.78 is 33.5. The molecule has 146 valence electrons. The lowest BCUT2D eigenvalue weighted by Crippen LogP contribution is -2.30. The first-order valence-corrected chi connectivity index (χ1v) is 11.4. The summed E-state index contributed by atoms with van der Waals surface area (Å²) in [5.74, 6) is 0.767. The van der Waals surface area contributed by atoms with Gasteiger partial charge in [0, 0.05) is 6.54 Å². The van der Waals surface area contributed by atoms with Gasteiger partial charge in [-0.15, -0.1) is 10.2 Å². The van der Waals surface area contributed by atoms with Crippen LogP contribution < -0.4 is 4.74 Å². The van der Waals surface area contributed by atoms with Crippen molar-refractivity contribution in [2.45, 2.75) is 37.3 Å². The van der Waals surface area contributed by atoms with Crippen molar-refractivity contribution in [3.05, 3.63) is 70.2 Å². The van der Waals surface area contributed by atoms with Crippen molar-refractivity contribution < 1.29 is 13.2 Å². The minimum Gasteiger partial charge on any atom is -0.486 e. The van der Waals surface area contributed by atoms with Crippen LogP contribution in [0.1, 0.15) is 34.5 Å². The van der Waals surface area contributed by atoms with Crippen LogP contribution in [-0.4, -0.2) is 29.5 Å². The molecule has 0 bridgehead atoms. The van der Waals surface area contributed by atoms with E-state index in [1.807, 2.05) is 49.4 Å². The van der Waals surface area contributed by atoms with E-state index in [0.29, 0.717) is 18.0 Å². The number of aryl methyl sites for hydroxylation is 1. The largest absolute Gasteiger partial charge is 0.486 e. The van der Waals surface area contributed by atoms with Gasteiger partial charge in [0.1, 0.15) is 17.4 Å². The van der Waals surface area contributed by atoms with Gasteiger partial charge >= 0.3 is 0 Å². The highest BCUT2D eigenvalue weighted by molar-refractivity contribution is 7.89. The van der Waals surface area contributed by atoms with Gasteiger partial charge in [0.2, 0.25) is 10.0 Å². The second-order valence-corrected chi connectivity index (χ2v) is 9.71. The van der Waals surface area contributed by atoms with Crippen molar-refractivity contribution in [2.24, 2.45) is 0 Å². The normalized spacial score (nSPS) is 17.7. The van der Waals surface area contributed by atoms with E-state index >= 15 is 0 Å². The highest BCUT2D eigenvalue weighted by atomic mass is 32.2. The van der Waals surface area contributed by atoms with Crippen molar-refractivity contribution in [1.82, 2.24) is 14.5 Å². The molecule has 8 heteroatoms. The second kappa shape index (κ2) is 7.98. The summed E-state index contributed by atoms with van der Waals surface area (Å²) in [6.07, 6.45) is 1.56. The number of sulfonamides is 1. The first kappa shape index (κ1) is 19.0. The number of nitrogens with zero attached hydrogens (tertiary/aromatic N) is 3. The third kappa shape index (κ3) is 3.94. The first-order chi connectivity index (χ1) is 13.5. The molecule has 0 saturated carbocycles. The molecule has 0 aliphatic carbocycles. The SMILES string of the molecule is Cc1ccc(S(=O)(=O)N2CCCC2c2nnc(COc3ccccc3)s2)cc1. The summed E-state index contributed by atoms with van der Waals surface area (Å²) >= 11 is 1.41. The molecular formula is C20H21N3O3S2. The van der Waals surface area contributed by atoms with E-state index in [0.717, 1.165) is 34.2 Å². The van der Waals surface area contributed by atoms with Crippen LogP contribution in [0.4, 0.5) is 0 Å². The van der Waals surface area contributed by atoms with Crippen LogP contribution in [0, 0.1) is 6.92 Å². The molecule has 3 aromatic rings. The second-order valence-electron chi connectivity index (χ2n) is 6.72. The Morgan fingerprint density at radius 2 is 1.86 bits per heavy atom. The zero-order valence-electron chi connectivity index (χ0n) is 15.5. The van der Waals surface area contributed by atoms with Crippen molar-refractivity contribution >= 4 is 21.4 Å². The monoisotopic (exact) mass is 415 g/mol. The average Bonchev–Trinajstić information content (AvgIpc) is 3.37. The molecular weight excluding hydrogens is 394 g/mol. The molecule has 1 atom stereocenters. The molecule has 1 aromatic heterocycles. The Bertz CT molecular complexity index is 1030. The lowest BCUT2D eigenvalue weighted by Gasteiger charge is -2.22. The molecule has 2 heterocycles. The van der Waals surface area contributed by atoms with Crippen molar-refractivity contribution in [2.75, 3.05) is 6.54 Å². The lowest BCUT2D eigenvalue weighted by atomic mass is 10.2. The molecule has 1 aliphatic rings. The molecule has 2 aromatic carbocycles. The Labute approximate surface area is 168 Å². The maximum absolute atomic E-state index is 13.1. The van der Waals surface area contributed by atoms with Crippen LogP contribution in [0.2, 0.25) is 0 Å². The Balaban J connectivity index is 1.51. The average molecular weight is 416 g/mol. The van der Waals surface area contributed by atoms with Crippen LogP contribution in [0.25, 0.3) is 0 Å². The molecule has 28 heavy (non-hydrogen) atoms. The van der Waals surface area contributed by atoms with Gasteiger partial charge in [-0.25, -0.2) is 8.42 Å². The zero-order chi connectivity index (χ0) is 19.6. The minimum atomic E-state index is -3.56. The third-order valence-corrected chi connectivity index (χ3v) is 7.62. The third-order valence-electron chi connectivity index (χ3n) is 4.70. The van der Waals surface area contributed by atoms with Gasteiger partial charge in [0.25, 0.3) is 0 Å². The number of hydrogen-bond acceptors (Lipinski definition) is 6. The molecule has 6 nitrogen and oxygen atoms in total. The summed E-state index contributed by atoms with van der Waals surface area (Å²) in [5.41, 5.74) is 1.03. The highest BCUT2D eigenvalue weighted by Gasteiger charge is 2.38. The summed E-state index contributed by atoms with van der Waals surface area (Å²) in [4.78, 5) is 0.321. The van der Waals surface area contributed by atoms with Crippen molar-refractivity contribution in [1.29, 1.82) is 0 Å². The van der Waals surface area contributed by atoms with Gasteiger partial charge in [-0.1, -0.05) is 47.2 Å². The van der Waals surface area contributed by atoms with Crippen molar-refractivity contribution in [3.8, 4) is 5.75 Å².